The second kappa shape index (κ2) is 10.5. The Bertz CT molecular complexity index is 642. The van der Waals surface area contributed by atoms with Gasteiger partial charge in [-0.3, -0.25) is 0 Å². The summed E-state index contributed by atoms with van der Waals surface area (Å²) < 4.78 is 0. The van der Waals surface area contributed by atoms with Crippen LogP contribution in [-0.4, -0.2) is 11.8 Å². The van der Waals surface area contributed by atoms with E-state index in [1.807, 2.05) is 17.8 Å². The number of halogens is 2. The number of hydrogen-bond acceptors (Lipinski definition) is 2. The first-order valence-electron chi connectivity index (χ1n) is 8.99. The smallest absolute Gasteiger partial charge is 0.0412 e. The molecule has 1 aliphatic rings. The Balaban J connectivity index is 0.00000225. The molecule has 2 aromatic carbocycles. The third kappa shape index (κ3) is 5.65. The molecule has 2 aromatic rings. The lowest BCUT2D eigenvalue weighted by atomic mass is 9.86. The van der Waals surface area contributed by atoms with Gasteiger partial charge in [-0.2, -0.15) is 0 Å². The first-order valence-corrected chi connectivity index (χ1v) is 10.3. The second-order valence-electron chi connectivity index (χ2n) is 6.64. The van der Waals surface area contributed by atoms with Gasteiger partial charge in [-0.1, -0.05) is 61.2 Å². The van der Waals surface area contributed by atoms with E-state index in [0.717, 1.165) is 23.9 Å². The predicted octanol–water partition coefficient (Wildman–Crippen LogP) is 6.82. The first kappa shape index (κ1) is 20.6. The minimum absolute atomic E-state index is 0. The molecular formula is C21H27Cl2NS. The van der Waals surface area contributed by atoms with Crippen LogP contribution in [-0.2, 0) is 0 Å². The summed E-state index contributed by atoms with van der Waals surface area (Å²) in [6.07, 6.45) is 7.94. The average molecular weight is 396 g/mol. The zero-order valence-corrected chi connectivity index (χ0v) is 16.9. The Morgan fingerprint density at radius 2 is 1.76 bits per heavy atom. The van der Waals surface area contributed by atoms with Crippen molar-refractivity contribution in [3.63, 3.8) is 0 Å². The molecule has 1 nitrogen and oxygen atoms in total. The van der Waals surface area contributed by atoms with Crippen LogP contribution in [0.4, 0.5) is 0 Å². The maximum Gasteiger partial charge on any atom is 0.0412 e. The third-order valence-electron chi connectivity index (χ3n) is 4.93. The van der Waals surface area contributed by atoms with E-state index >= 15 is 0 Å². The molecule has 0 aliphatic heterocycles. The largest absolute Gasteiger partial charge is 0.330 e. The van der Waals surface area contributed by atoms with Crippen LogP contribution < -0.4 is 5.73 Å². The number of benzene rings is 2. The molecule has 1 saturated carbocycles. The van der Waals surface area contributed by atoms with Gasteiger partial charge in [0.2, 0.25) is 0 Å². The van der Waals surface area contributed by atoms with Crippen LogP contribution >= 0.6 is 35.8 Å². The summed E-state index contributed by atoms with van der Waals surface area (Å²) in [7, 11) is 0. The van der Waals surface area contributed by atoms with Gasteiger partial charge in [-0.25, -0.2) is 0 Å². The van der Waals surface area contributed by atoms with Crippen LogP contribution in [0.1, 0.15) is 38.5 Å². The Morgan fingerprint density at radius 1 is 1.04 bits per heavy atom. The summed E-state index contributed by atoms with van der Waals surface area (Å²) in [5.74, 6) is 0.798. The summed E-state index contributed by atoms with van der Waals surface area (Å²) in [6, 6.07) is 16.8. The molecule has 0 bridgehead atoms. The summed E-state index contributed by atoms with van der Waals surface area (Å²) in [4.78, 5) is 1.33. The Labute approximate surface area is 167 Å². The van der Waals surface area contributed by atoms with E-state index in [9.17, 15) is 0 Å². The van der Waals surface area contributed by atoms with E-state index in [0.29, 0.717) is 5.25 Å². The van der Waals surface area contributed by atoms with E-state index < -0.39 is 0 Å². The highest BCUT2D eigenvalue weighted by molar-refractivity contribution is 8.00. The van der Waals surface area contributed by atoms with Gasteiger partial charge < -0.3 is 5.73 Å². The number of hydrogen-bond donors (Lipinski definition) is 1. The minimum Gasteiger partial charge on any atom is -0.330 e. The van der Waals surface area contributed by atoms with E-state index in [2.05, 4.69) is 42.5 Å². The van der Waals surface area contributed by atoms with Crippen LogP contribution in [0.25, 0.3) is 11.1 Å². The van der Waals surface area contributed by atoms with Crippen LogP contribution in [0.3, 0.4) is 0 Å². The lowest BCUT2D eigenvalue weighted by molar-refractivity contribution is 0.342. The van der Waals surface area contributed by atoms with Gasteiger partial charge in [0.25, 0.3) is 0 Å². The van der Waals surface area contributed by atoms with Crippen molar-refractivity contribution in [2.45, 2.75) is 48.7 Å². The Morgan fingerprint density at radius 3 is 2.44 bits per heavy atom. The monoisotopic (exact) mass is 395 g/mol. The fourth-order valence-corrected chi connectivity index (χ4v) is 5.34. The predicted molar refractivity (Wildman–Crippen MR) is 114 cm³/mol. The van der Waals surface area contributed by atoms with Crippen molar-refractivity contribution in [3.05, 3.63) is 53.6 Å². The van der Waals surface area contributed by atoms with Crippen molar-refractivity contribution in [2.75, 3.05) is 6.54 Å². The number of rotatable bonds is 6. The van der Waals surface area contributed by atoms with Gasteiger partial charge in [0.15, 0.2) is 0 Å². The van der Waals surface area contributed by atoms with E-state index in [4.69, 9.17) is 17.3 Å². The van der Waals surface area contributed by atoms with Gasteiger partial charge in [-0.15, -0.1) is 24.2 Å². The van der Waals surface area contributed by atoms with E-state index in [1.165, 1.54) is 48.1 Å². The summed E-state index contributed by atoms with van der Waals surface area (Å²) in [5, 5.41) is 1.41. The molecule has 0 spiro atoms. The molecule has 1 unspecified atom stereocenters. The van der Waals surface area contributed by atoms with Gasteiger partial charge in [-0.05, 0) is 61.1 Å². The zero-order valence-electron chi connectivity index (χ0n) is 14.5. The van der Waals surface area contributed by atoms with Gasteiger partial charge >= 0.3 is 0 Å². The SMILES string of the molecule is Cl.NCCC(Sc1ccc(Cl)cc1-c1ccccc1)C1CCCCC1. The Kier molecular flexibility index (Phi) is 8.65. The molecule has 1 atom stereocenters. The number of thioether (sulfide) groups is 1. The molecule has 3 rings (SSSR count). The van der Waals surface area contributed by atoms with Crippen molar-refractivity contribution in [3.8, 4) is 11.1 Å². The first-order chi connectivity index (χ1) is 11.8. The topological polar surface area (TPSA) is 26.0 Å². The normalized spacial score (nSPS) is 16.2. The van der Waals surface area contributed by atoms with Crippen molar-refractivity contribution < 1.29 is 0 Å². The summed E-state index contributed by atoms with van der Waals surface area (Å²) >= 11 is 8.30. The van der Waals surface area contributed by atoms with Crippen molar-refractivity contribution in [1.82, 2.24) is 0 Å². The highest BCUT2D eigenvalue weighted by Crippen LogP contribution is 2.42. The standard InChI is InChI=1S/C21H26ClNS.ClH/c22-18-11-12-21(19(15-18)16-7-3-1-4-8-16)24-20(13-14-23)17-9-5-2-6-10-17;/h1,3-4,7-8,11-12,15,17,20H,2,5-6,9-10,13-14,23H2;1H. The fraction of sp³-hybridized carbons (Fsp3) is 0.429. The average Bonchev–Trinajstić information content (AvgIpc) is 2.64. The molecular weight excluding hydrogens is 369 g/mol. The zero-order chi connectivity index (χ0) is 16.8. The fourth-order valence-electron chi connectivity index (χ4n) is 3.67. The molecule has 0 saturated heterocycles. The van der Waals surface area contributed by atoms with E-state index in [1.54, 1.807) is 0 Å². The van der Waals surface area contributed by atoms with Crippen LogP contribution in [0.15, 0.2) is 53.4 Å². The van der Waals surface area contributed by atoms with E-state index in [-0.39, 0.29) is 12.4 Å². The van der Waals surface area contributed by atoms with Gasteiger partial charge in [0.1, 0.15) is 0 Å². The molecule has 2 N–H and O–H groups in total. The molecule has 25 heavy (non-hydrogen) atoms. The molecule has 1 aliphatic carbocycles. The lowest BCUT2D eigenvalue weighted by Crippen LogP contribution is -2.23. The molecule has 1 fully saturated rings. The maximum absolute atomic E-state index is 6.28. The quantitative estimate of drug-likeness (QED) is 0.542. The minimum atomic E-state index is 0. The van der Waals surface area contributed by atoms with Crippen molar-refractivity contribution in [2.24, 2.45) is 11.7 Å². The van der Waals surface area contributed by atoms with Gasteiger partial charge in [0, 0.05) is 15.2 Å². The van der Waals surface area contributed by atoms with Gasteiger partial charge in [0.05, 0.1) is 0 Å². The molecule has 4 heteroatoms. The highest BCUT2D eigenvalue weighted by atomic mass is 35.5. The van der Waals surface area contributed by atoms with Crippen LogP contribution in [0.5, 0.6) is 0 Å². The molecule has 0 aromatic heterocycles. The Hall–Kier alpha value is -0.670. The maximum atomic E-state index is 6.28. The molecule has 0 amide bonds. The third-order valence-corrected chi connectivity index (χ3v) is 6.70. The summed E-state index contributed by atoms with van der Waals surface area (Å²) in [5.41, 5.74) is 8.40. The molecule has 0 radical (unpaired) electrons. The molecule has 0 heterocycles. The second-order valence-corrected chi connectivity index (χ2v) is 8.36. The van der Waals surface area contributed by atoms with Crippen LogP contribution in [0.2, 0.25) is 5.02 Å². The lowest BCUT2D eigenvalue weighted by Gasteiger charge is -2.30. The number of nitrogens with two attached hydrogens (primary N) is 1. The molecule has 136 valence electrons. The highest BCUT2D eigenvalue weighted by Gasteiger charge is 2.25. The summed E-state index contributed by atoms with van der Waals surface area (Å²) in [6.45, 7) is 0.766. The van der Waals surface area contributed by atoms with Crippen molar-refractivity contribution >= 4 is 35.8 Å². The van der Waals surface area contributed by atoms with Crippen LogP contribution in [0, 0.1) is 5.92 Å². The van der Waals surface area contributed by atoms with Crippen molar-refractivity contribution in [1.29, 1.82) is 0 Å².